The summed E-state index contributed by atoms with van der Waals surface area (Å²) in [5, 5.41) is 3.71. The summed E-state index contributed by atoms with van der Waals surface area (Å²) in [5.74, 6) is 0.0458. The molecule has 1 aromatic rings. The molecule has 0 aromatic heterocycles. The molecule has 0 spiro atoms. The monoisotopic (exact) mass is 286 g/mol. The summed E-state index contributed by atoms with van der Waals surface area (Å²) in [7, 11) is 2.03. The first-order chi connectivity index (χ1) is 8.58. The fraction of sp³-hybridized carbons (Fsp3) is 0.462. The van der Waals surface area contributed by atoms with E-state index in [0.29, 0.717) is 15.7 Å². The van der Waals surface area contributed by atoms with Gasteiger partial charge in [-0.3, -0.25) is 4.79 Å². The molecule has 0 bridgehead atoms. The van der Waals surface area contributed by atoms with E-state index in [9.17, 15) is 4.79 Å². The fourth-order valence-corrected chi connectivity index (χ4v) is 2.56. The predicted molar refractivity (Wildman–Crippen MR) is 75.3 cm³/mol. The maximum Gasteiger partial charge on any atom is 0.228 e. The lowest BCUT2D eigenvalue weighted by molar-refractivity contribution is -0.121. The minimum Gasteiger partial charge on any atom is -0.324 e. The number of nitrogens with zero attached hydrogens (tertiary/aromatic N) is 1. The van der Waals surface area contributed by atoms with Crippen LogP contribution in [0.5, 0.6) is 0 Å². The average Bonchev–Trinajstić information content (AvgIpc) is 2.35. The highest BCUT2D eigenvalue weighted by Crippen LogP contribution is 2.30. The van der Waals surface area contributed by atoms with Crippen LogP contribution in [0.15, 0.2) is 18.2 Å². The number of carbonyl (C=O) groups excluding carboxylic acids is 1. The van der Waals surface area contributed by atoms with Gasteiger partial charge in [0.25, 0.3) is 0 Å². The van der Waals surface area contributed by atoms with Gasteiger partial charge in [0, 0.05) is 6.54 Å². The molecule has 1 unspecified atom stereocenters. The lowest BCUT2D eigenvalue weighted by Gasteiger charge is -2.28. The summed E-state index contributed by atoms with van der Waals surface area (Å²) < 4.78 is 0. The second-order valence-electron chi connectivity index (χ2n) is 4.69. The number of benzene rings is 1. The molecule has 2 rings (SSSR count). The van der Waals surface area contributed by atoms with Gasteiger partial charge in [-0.2, -0.15) is 0 Å². The molecule has 0 radical (unpaired) electrons. The highest BCUT2D eigenvalue weighted by atomic mass is 35.5. The van der Waals surface area contributed by atoms with Crippen LogP contribution in [-0.2, 0) is 4.79 Å². The minimum atomic E-state index is 0.0192. The molecule has 1 amide bonds. The van der Waals surface area contributed by atoms with Crippen LogP contribution < -0.4 is 5.32 Å². The fourth-order valence-electron chi connectivity index (χ4n) is 2.22. The van der Waals surface area contributed by atoms with Crippen LogP contribution in [0.25, 0.3) is 0 Å². The van der Waals surface area contributed by atoms with E-state index in [4.69, 9.17) is 23.2 Å². The Morgan fingerprint density at radius 1 is 1.44 bits per heavy atom. The summed E-state index contributed by atoms with van der Waals surface area (Å²) in [4.78, 5) is 14.3. The number of nitrogens with one attached hydrogen (secondary N) is 1. The normalized spacial score (nSPS) is 20.7. The highest BCUT2D eigenvalue weighted by molar-refractivity contribution is 6.43. The van der Waals surface area contributed by atoms with Crippen molar-refractivity contribution in [1.29, 1.82) is 0 Å². The molecule has 1 heterocycles. The molecule has 0 aliphatic carbocycles. The Kier molecular flexibility index (Phi) is 4.49. The molecule has 1 saturated heterocycles. The molecule has 1 aliphatic rings. The van der Waals surface area contributed by atoms with Gasteiger partial charge in [-0.15, -0.1) is 0 Å². The largest absolute Gasteiger partial charge is 0.324 e. The van der Waals surface area contributed by atoms with E-state index >= 15 is 0 Å². The summed E-state index contributed by atoms with van der Waals surface area (Å²) in [5.41, 5.74) is 0.586. The zero-order valence-corrected chi connectivity index (χ0v) is 11.8. The molecule has 1 aromatic carbocycles. The molecule has 3 nitrogen and oxygen atoms in total. The molecule has 0 saturated carbocycles. The number of hydrogen-bond donors (Lipinski definition) is 1. The van der Waals surface area contributed by atoms with Gasteiger partial charge in [-0.1, -0.05) is 29.3 Å². The van der Waals surface area contributed by atoms with Gasteiger partial charge in [-0.05, 0) is 38.6 Å². The van der Waals surface area contributed by atoms with Crippen LogP contribution in [0.2, 0.25) is 10.0 Å². The lowest BCUT2D eigenvalue weighted by atomic mass is 9.97. The van der Waals surface area contributed by atoms with Crippen molar-refractivity contribution in [2.75, 3.05) is 25.5 Å². The number of rotatable bonds is 2. The first kappa shape index (κ1) is 13.7. The van der Waals surface area contributed by atoms with Gasteiger partial charge in [0.15, 0.2) is 0 Å². The molecular weight excluding hydrogens is 271 g/mol. The number of hydrogen-bond acceptors (Lipinski definition) is 2. The standard InChI is InChI=1S/C13H16Cl2N2O/c1-17-7-3-4-9(8-17)13(18)16-11-6-2-5-10(14)12(11)15/h2,5-6,9H,3-4,7-8H2,1H3,(H,16,18). The second kappa shape index (κ2) is 5.91. The third kappa shape index (κ3) is 3.16. The minimum absolute atomic E-state index is 0.0192. The first-order valence-electron chi connectivity index (χ1n) is 6.01. The Bertz CT molecular complexity index is 451. The molecule has 1 N–H and O–H groups in total. The average molecular weight is 287 g/mol. The van der Waals surface area contributed by atoms with E-state index in [-0.39, 0.29) is 11.8 Å². The smallest absolute Gasteiger partial charge is 0.228 e. The Balaban J connectivity index is 2.04. The Hall–Kier alpha value is -0.770. The van der Waals surface area contributed by atoms with E-state index in [1.807, 2.05) is 7.05 Å². The van der Waals surface area contributed by atoms with E-state index in [2.05, 4.69) is 10.2 Å². The number of piperidine rings is 1. The van der Waals surface area contributed by atoms with Crippen molar-refractivity contribution in [3.8, 4) is 0 Å². The van der Waals surface area contributed by atoms with Gasteiger partial charge in [0.05, 0.1) is 21.7 Å². The van der Waals surface area contributed by atoms with E-state index < -0.39 is 0 Å². The van der Waals surface area contributed by atoms with Crippen molar-refractivity contribution in [1.82, 2.24) is 4.90 Å². The van der Waals surface area contributed by atoms with Crippen molar-refractivity contribution < 1.29 is 4.79 Å². The zero-order chi connectivity index (χ0) is 13.1. The van der Waals surface area contributed by atoms with Crippen LogP contribution in [0.3, 0.4) is 0 Å². The lowest BCUT2D eigenvalue weighted by Crippen LogP contribution is -2.38. The van der Waals surface area contributed by atoms with Crippen molar-refractivity contribution in [3.05, 3.63) is 28.2 Å². The van der Waals surface area contributed by atoms with Gasteiger partial charge in [0.1, 0.15) is 0 Å². The third-order valence-corrected chi connectivity index (χ3v) is 4.02. The number of anilines is 1. The van der Waals surface area contributed by atoms with Gasteiger partial charge in [-0.25, -0.2) is 0 Å². The summed E-state index contributed by atoms with van der Waals surface area (Å²) in [6.07, 6.45) is 1.98. The van der Waals surface area contributed by atoms with Crippen LogP contribution in [0.4, 0.5) is 5.69 Å². The van der Waals surface area contributed by atoms with Gasteiger partial charge in [0.2, 0.25) is 5.91 Å². The Labute approximate surface area is 117 Å². The molecule has 1 atom stereocenters. The van der Waals surface area contributed by atoms with Crippen LogP contribution in [0.1, 0.15) is 12.8 Å². The number of likely N-dealkylation sites (tertiary alicyclic amines) is 1. The SMILES string of the molecule is CN1CCCC(C(=O)Nc2cccc(Cl)c2Cl)C1. The van der Waals surface area contributed by atoms with Crippen molar-refractivity contribution in [3.63, 3.8) is 0 Å². The molecule has 1 aliphatic heterocycles. The van der Waals surface area contributed by atoms with Crippen LogP contribution >= 0.6 is 23.2 Å². The quantitative estimate of drug-likeness (QED) is 0.905. The number of halogens is 2. The maximum atomic E-state index is 12.1. The zero-order valence-electron chi connectivity index (χ0n) is 10.2. The second-order valence-corrected chi connectivity index (χ2v) is 5.48. The van der Waals surface area contributed by atoms with E-state index in [1.165, 1.54) is 0 Å². The van der Waals surface area contributed by atoms with E-state index in [0.717, 1.165) is 25.9 Å². The Morgan fingerprint density at radius 3 is 2.94 bits per heavy atom. The van der Waals surface area contributed by atoms with Gasteiger partial charge < -0.3 is 10.2 Å². The first-order valence-corrected chi connectivity index (χ1v) is 6.77. The molecule has 5 heteroatoms. The van der Waals surface area contributed by atoms with Gasteiger partial charge >= 0.3 is 0 Å². The topological polar surface area (TPSA) is 32.3 Å². The maximum absolute atomic E-state index is 12.1. The van der Waals surface area contributed by atoms with Crippen molar-refractivity contribution in [2.45, 2.75) is 12.8 Å². The van der Waals surface area contributed by atoms with Crippen molar-refractivity contribution in [2.24, 2.45) is 5.92 Å². The number of carbonyl (C=O) groups is 1. The summed E-state index contributed by atoms with van der Waals surface area (Å²) in [6, 6.07) is 5.24. The molecule has 18 heavy (non-hydrogen) atoms. The summed E-state index contributed by atoms with van der Waals surface area (Å²) in [6.45, 7) is 1.85. The predicted octanol–water partition coefficient (Wildman–Crippen LogP) is 3.27. The molecule has 98 valence electrons. The molecular formula is C13H16Cl2N2O. The van der Waals surface area contributed by atoms with E-state index in [1.54, 1.807) is 18.2 Å². The highest BCUT2D eigenvalue weighted by Gasteiger charge is 2.24. The van der Waals surface area contributed by atoms with Crippen LogP contribution in [-0.4, -0.2) is 30.9 Å². The number of amides is 1. The van der Waals surface area contributed by atoms with Crippen molar-refractivity contribution >= 4 is 34.8 Å². The third-order valence-electron chi connectivity index (χ3n) is 3.20. The Morgan fingerprint density at radius 2 is 2.22 bits per heavy atom. The molecule has 1 fully saturated rings. The summed E-state index contributed by atoms with van der Waals surface area (Å²) >= 11 is 12.0. The van der Waals surface area contributed by atoms with Crippen LogP contribution in [0, 0.1) is 5.92 Å².